The third-order valence-corrected chi connectivity index (χ3v) is 7.57. The standard InChI is InChI=1S/C35H28N2O6/c1-3-36(4-2)25-14-12-23(13-15-25)35(41)43-28-20-24-10-7-11-29-31(24)30(21-28)33(39)37(32(29)38)26-16-18-27(19-17-26)42-34(40)22-8-5-6-9-22/h5,7-21H,3-4,6H2,1-2H3. The fraction of sp³-hybridized carbons (Fsp3) is 0.143. The van der Waals surface area contributed by atoms with Crippen molar-refractivity contribution in [2.24, 2.45) is 0 Å². The van der Waals surface area contributed by atoms with Crippen molar-refractivity contribution in [2.75, 3.05) is 22.9 Å². The highest BCUT2D eigenvalue weighted by Crippen LogP contribution is 2.36. The van der Waals surface area contributed by atoms with Gasteiger partial charge in [0.2, 0.25) is 0 Å². The van der Waals surface area contributed by atoms with Crippen molar-refractivity contribution in [3.05, 3.63) is 119 Å². The minimum Gasteiger partial charge on any atom is -0.423 e. The summed E-state index contributed by atoms with van der Waals surface area (Å²) in [4.78, 5) is 55.9. The third-order valence-electron chi connectivity index (χ3n) is 7.57. The number of carbonyl (C=O) groups excluding carboxylic acids is 4. The van der Waals surface area contributed by atoms with Crippen molar-refractivity contribution in [1.82, 2.24) is 0 Å². The van der Waals surface area contributed by atoms with Crippen molar-refractivity contribution < 1.29 is 28.7 Å². The normalized spacial score (nSPS) is 13.7. The SMILES string of the molecule is CCN(CC)c1ccc(C(=O)Oc2cc3c4c(cccc4c2)C(=O)N(c2ccc(OC(=O)C4=CCC=C4)cc2)C3=O)cc1. The van der Waals surface area contributed by atoms with E-state index in [1.807, 2.05) is 18.2 Å². The Hall–Kier alpha value is -5.50. The van der Waals surface area contributed by atoms with Crippen LogP contribution in [0, 0.1) is 0 Å². The molecule has 0 aromatic heterocycles. The summed E-state index contributed by atoms with van der Waals surface area (Å²) in [6.45, 7) is 5.84. The van der Waals surface area contributed by atoms with E-state index in [4.69, 9.17) is 9.47 Å². The number of imide groups is 1. The molecule has 4 aromatic rings. The molecule has 8 nitrogen and oxygen atoms in total. The minimum absolute atomic E-state index is 0.192. The van der Waals surface area contributed by atoms with Gasteiger partial charge in [0.05, 0.1) is 22.4 Å². The Bertz CT molecular complexity index is 1830. The Balaban J connectivity index is 1.27. The lowest BCUT2D eigenvalue weighted by Gasteiger charge is -2.27. The highest BCUT2D eigenvalue weighted by atomic mass is 16.5. The number of hydrogen-bond acceptors (Lipinski definition) is 7. The van der Waals surface area contributed by atoms with Crippen LogP contribution in [0.15, 0.2) is 103 Å². The Kier molecular flexibility index (Phi) is 7.34. The van der Waals surface area contributed by atoms with Crippen molar-refractivity contribution >= 4 is 45.9 Å². The maximum absolute atomic E-state index is 13.8. The molecule has 0 bridgehead atoms. The predicted molar refractivity (Wildman–Crippen MR) is 164 cm³/mol. The van der Waals surface area contributed by atoms with Gasteiger partial charge in [-0.1, -0.05) is 30.4 Å². The summed E-state index contributed by atoms with van der Waals surface area (Å²) < 4.78 is 11.1. The molecule has 43 heavy (non-hydrogen) atoms. The van der Waals surface area contributed by atoms with Crippen molar-refractivity contribution in [3.8, 4) is 11.5 Å². The Morgan fingerprint density at radius 2 is 1.49 bits per heavy atom. The van der Waals surface area contributed by atoms with Crippen LogP contribution in [0.2, 0.25) is 0 Å². The van der Waals surface area contributed by atoms with Crippen LogP contribution in [0.25, 0.3) is 10.8 Å². The average Bonchev–Trinajstić information content (AvgIpc) is 3.57. The Labute approximate surface area is 248 Å². The summed E-state index contributed by atoms with van der Waals surface area (Å²) in [5, 5.41) is 1.11. The summed E-state index contributed by atoms with van der Waals surface area (Å²) in [6.07, 6.45) is 6.02. The predicted octanol–water partition coefficient (Wildman–Crippen LogP) is 6.50. The Morgan fingerprint density at radius 1 is 0.791 bits per heavy atom. The van der Waals surface area contributed by atoms with Gasteiger partial charge in [0.15, 0.2) is 0 Å². The smallest absolute Gasteiger partial charge is 0.343 e. The van der Waals surface area contributed by atoms with Crippen LogP contribution in [-0.4, -0.2) is 36.8 Å². The number of hydrogen-bond donors (Lipinski definition) is 0. The first-order chi connectivity index (χ1) is 20.9. The van der Waals surface area contributed by atoms with E-state index in [0.717, 1.165) is 23.7 Å². The lowest BCUT2D eigenvalue weighted by Crippen LogP contribution is -2.40. The van der Waals surface area contributed by atoms with Crippen LogP contribution in [0.1, 0.15) is 51.3 Å². The van der Waals surface area contributed by atoms with Crippen LogP contribution < -0.4 is 19.3 Å². The van der Waals surface area contributed by atoms with Crippen LogP contribution in [0.4, 0.5) is 11.4 Å². The second-order valence-corrected chi connectivity index (χ2v) is 10.1. The van der Waals surface area contributed by atoms with Gasteiger partial charge in [-0.3, -0.25) is 9.59 Å². The van der Waals surface area contributed by atoms with Gasteiger partial charge >= 0.3 is 11.9 Å². The second kappa shape index (κ2) is 11.4. The fourth-order valence-corrected chi connectivity index (χ4v) is 5.38. The number of anilines is 2. The quantitative estimate of drug-likeness (QED) is 0.135. The van der Waals surface area contributed by atoms with Crippen molar-refractivity contribution in [3.63, 3.8) is 0 Å². The number of rotatable bonds is 8. The van der Waals surface area contributed by atoms with E-state index in [2.05, 4.69) is 18.7 Å². The monoisotopic (exact) mass is 572 g/mol. The number of benzene rings is 4. The van der Waals surface area contributed by atoms with Gasteiger partial charge in [0.25, 0.3) is 11.8 Å². The molecule has 8 heteroatoms. The molecule has 1 aliphatic heterocycles. The summed E-state index contributed by atoms with van der Waals surface area (Å²) in [6, 6.07) is 21.7. The molecule has 2 aliphatic rings. The summed E-state index contributed by atoms with van der Waals surface area (Å²) >= 11 is 0. The minimum atomic E-state index is -0.556. The molecule has 0 radical (unpaired) electrons. The van der Waals surface area contributed by atoms with E-state index in [9.17, 15) is 19.2 Å². The molecule has 0 spiro atoms. The third kappa shape index (κ3) is 5.19. The lowest BCUT2D eigenvalue weighted by atomic mass is 9.93. The molecular formula is C35H28N2O6. The maximum atomic E-state index is 13.8. The molecule has 0 unspecified atom stereocenters. The molecule has 0 atom stereocenters. The summed E-state index contributed by atoms with van der Waals surface area (Å²) in [5.41, 5.74) is 2.77. The molecule has 0 fully saturated rings. The molecule has 6 rings (SSSR count). The topological polar surface area (TPSA) is 93.2 Å². The highest BCUT2D eigenvalue weighted by Gasteiger charge is 2.34. The molecule has 1 aliphatic carbocycles. The van der Waals surface area contributed by atoms with E-state index in [1.165, 1.54) is 18.2 Å². The van der Waals surface area contributed by atoms with Gasteiger partial charge in [-0.2, -0.15) is 0 Å². The van der Waals surface area contributed by atoms with Crippen LogP contribution in [-0.2, 0) is 4.79 Å². The number of allylic oxidation sites excluding steroid dienone is 2. The molecular weight excluding hydrogens is 544 g/mol. The zero-order valence-electron chi connectivity index (χ0n) is 23.7. The van der Waals surface area contributed by atoms with E-state index in [1.54, 1.807) is 60.7 Å². The van der Waals surface area contributed by atoms with Gasteiger partial charge in [0.1, 0.15) is 11.5 Å². The van der Waals surface area contributed by atoms with Crippen LogP contribution >= 0.6 is 0 Å². The van der Waals surface area contributed by atoms with Crippen molar-refractivity contribution in [2.45, 2.75) is 20.3 Å². The number of ether oxygens (including phenoxy) is 2. The molecule has 2 amide bonds. The van der Waals surface area contributed by atoms with Gasteiger partial charge in [-0.15, -0.1) is 0 Å². The first-order valence-electron chi connectivity index (χ1n) is 14.1. The summed E-state index contributed by atoms with van der Waals surface area (Å²) in [7, 11) is 0. The average molecular weight is 573 g/mol. The largest absolute Gasteiger partial charge is 0.423 e. The van der Waals surface area contributed by atoms with Crippen LogP contribution in [0.3, 0.4) is 0 Å². The zero-order valence-corrected chi connectivity index (χ0v) is 23.7. The summed E-state index contributed by atoms with van der Waals surface area (Å²) in [5.74, 6) is -1.59. The number of amides is 2. The first kappa shape index (κ1) is 27.7. The molecule has 0 N–H and O–H groups in total. The number of nitrogens with zero attached hydrogens (tertiary/aromatic N) is 2. The van der Waals surface area contributed by atoms with Crippen LogP contribution in [0.5, 0.6) is 11.5 Å². The van der Waals surface area contributed by atoms with Crippen molar-refractivity contribution in [1.29, 1.82) is 0 Å². The molecule has 0 saturated carbocycles. The highest BCUT2D eigenvalue weighted by molar-refractivity contribution is 6.36. The number of carbonyl (C=O) groups is 4. The molecule has 4 aromatic carbocycles. The van der Waals surface area contributed by atoms with Gasteiger partial charge in [-0.25, -0.2) is 14.5 Å². The van der Waals surface area contributed by atoms with E-state index in [0.29, 0.717) is 39.6 Å². The van der Waals surface area contributed by atoms with E-state index >= 15 is 0 Å². The van der Waals surface area contributed by atoms with E-state index < -0.39 is 23.8 Å². The number of esters is 2. The molecule has 1 heterocycles. The maximum Gasteiger partial charge on any atom is 0.343 e. The second-order valence-electron chi connectivity index (χ2n) is 10.1. The van der Waals surface area contributed by atoms with Gasteiger partial charge in [-0.05, 0) is 92.4 Å². The molecule has 0 saturated heterocycles. The first-order valence-corrected chi connectivity index (χ1v) is 14.1. The van der Waals surface area contributed by atoms with Gasteiger partial charge < -0.3 is 14.4 Å². The lowest BCUT2D eigenvalue weighted by molar-refractivity contribution is -0.129. The van der Waals surface area contributed by atoms with E-state index in [-0.39, 0.29) is 17.1 Å². The van der Waals surface area contributed by atoms with Gasteiger partial charge in [0, 0.05) is 29.7 Å². The molecule has 214 valence electrons. The Morgan fingerprint density at radius 3 is 2.16 bits per heavy atom. The zero-order chi connectivity index (χ0) is 30.1. The fourth-order valence-electron chi connectivity index (χ4n) is 5.38.